The Kier molecular flexibility index (Phi) is 5.36. The molecular formula is C26H18FNO. The Hall–Kier alpha value is -3.90. The van der Waals surface area contributed by atoms with Crippen LogP contribution < -0.4 is 4.74 Å². The van der Waals surface area contributed by atoms with Gasteiger partial charge in [-0.15, -0.1) is 0 Å². The van der Waals surface area contributed by atoms with Gasteiger partial charge in [0.1, 0.15) is 18.2 Å². The molecule has 29 heavy (non-hydrogen) atoms. The first-order chi connectivity index (χ1) is 14.2. The molecule has 0 saturated carbocycles. The van der Waals surface area contributed by atoms with E-state index in [1.807, 2.05) is 48.5 Å². The lowest BCUT2D eigenvalue weighted by Crippen LogP contribution is -1.98. The molecular weight excluding hydrogens is 361 g/mol. The SMILES string of the molecule is N#C/C(=C/c1ccccc1OCc1cccc2ccccc12)c1cccc(F)c1. The van der Waals surface area contributed by atoms with Gasteiger partial charge in [0.25, 0.3) is 0 Å². The van der Waals surface area contributed by atoms with Crippen molar-refractivity contribution in [3.05, 3.63) is 114 Å². The van der Waals surface area contributed by atoms with Crippen LogP contribution in [-0.4, -0.2) is 0 Å². The summed E-state index contributed by atoms with van der Waals surface area (Å²) in [6.07, 6.45) is 1.73. The molecule has 0 aromatic heterocycles. The summed E-state index contributed by atoms with van der Waals surface area (Å²) in [6.45, 7) is 0.411. The number of nitriles is 1. The predicted molar refractivity (Wildman–Crippen MR) is 115 cm³/mol. The fourth-order valence-corrected chi connectivity index (χ4v) is 3.30. The van der Waals surface area contributed by atoms with Crippen LogP contribution in [-0.2, 0) is 6.61 Å². The molecule has 0 unspecified atom stereocenters. The Balaban J connectivity index is 1.64. The van der Waals surface area contributed by atoms with Crippen LogP contribution in [0, 0.1) is 17.1 Å². The molecule has 0 heterocycles. The standard InChI is InChI=1S/C26H18FNO/c27-24-12-6-10-20(16-24)23(17-28)15-21-8-2-4-14-26(21)29-18-22-11-5-9-19-7-1-3-13-25(19)22/h1-16H,18H2/b23-15-. The molecule has 4 rings (SSSR count). The molecule has 0 radical (unpaired) electrons. The molecule has 0 amide bonds. The Morgan fingerprint density at radius 3 is 2.52 bits per heavy atom. The zero-order chi connectivity index (χ0) is 20.1. The predicted octanol–water partition coefficient (Wildman–Crippen LogP) is 6.62. The maximum atomic E-state index is 13.6. The number of fused-ring (bicyclic) bond motifs is 1. The van der Waals surface area contributed by atoms with Crippen LogP contribution in [0.1, 0.15) is 16.7 Å². The third-order valence-electron chi connectivity index (χ3n) is 4.74. The topological polar surface area (TPSA) is 33.0 Å². The Morgan fingerprint density at radius 2 is 1.66 bits per heavy atom. The fourth-order valence-electron chi connectivity index (χ4n) is 3.30. The first-order valence-corrected chi connectivity index (χ1v) is 9.31. The fraction of sp³-hybridized carbons (Fsp3) is 0.0385. The van der Waals surface area contributed by atoms with Crippen molar-refractivity contribution in [2.45, 2.75) is 6.61 Å². The highest BCUT2D eigenvalue weighted by molar-refractivity contribution is 5.90. The zero-order valence-corrected chi connectivity index (χ0v) is 15.7. The van der Waals surface area contributed by atoms with E-state index in [4.69, 9.17) is 4.74 Å². The van der Waals surface area contributed by atoms with Gasteiger partial charge in [0.15, 0.2) is 0 Å². The lowest BCUT2D eigenvalue weighted by atomic mass is 10.0. The number of halogens is 1. The summed E-state index contributed by atoms with van der Waals surface area (Å²) in [6, 6.07) is 30.1. The average Bonchev–Trinajstić information content (AvgIpc) is 2.76. The van der Waals surface area contributed by atoms with E-state index in [1.54, 1.807) is 18.2 Å². The van der Waals surface area contributed by atoms with Crippen LogP contribution in [0.5, 0.6) is 5.75 Å². The van der Waals surface area contributed by atoms with Crippen molar-refractivity contribution >= 4 is 22.4 Å². The van der Waals surface area contributed by atoms with Crippen LogP contribution >= 0.6 is 0 Å². The van der Waals surface area contributed by atoms with E-state index < -0.39 is 0 Å². The molecule has 2 nitrogen and oxygen atoms in total. The Bertz CT molecular complexity index is 1230. The zero-order valence-electron chi connectivity index (χ0n) is 15.7. The lowest BCUT2D eigenvalue weighted by molar-refractivity contribution is 0.307. The maximum absolute atomic E-state index is 13.6. The van der Waals surface area contributed by atoms with Gasteiger partial charge in [0.05, 0.1) is 11.6 Å². The summed E-state index contributed by atoms with van der Waals surface area (Å²) >= 11 is 0. The van der Waals surface area contributed by atoms with E-state index in [9.17, 15) is 9.65 Å². The normalized spacial score (nSPS) is 11.2. The van der Waals surface area contributed by atoms with E-state index in [0.29, 0.717) is 23.5 Å². The van der Waals surface area contributed by atoms with Crippen LogP contribution in [0.15, 0.2) is 91.0 Å². The molecule has 0 fully saturated rings. The molecule has 3 heteroatoms. The Labute approximate surface area is 169 Å². The number of para-hydroxylation sites is 1. The Morgan fingerprint density at radius 1 is 0.897 bits per heavy atom. The monoisotopic (exact) mass is 379 g/mol. The molecule has 0 spiro atoms. The van der Waals surface area contributed by atoms with Gasteiger partial charge in [0.2, 0.25) is 0 Å². The second-order valence-electron chi connectivity index (χ2n) is 6.64. The highest BCUT2D eigenvalue weighted by atomic mass is 19.1. The first kappa shape index (κ1) is 18.5. The summed E-state index contributed by atoms with van der Waals surface area (Å²) in [5.74, 6) is 0.300. The highest BCUT2D eigenvalue weighted by Crippen LogP contribution is 2.27. The van der Waals surface area contributed by atoms with Crippen molar-refractivity contribution in [3.8, 4) is 11.8 Å². The average molecular weight is 379 g/mol. The smallest absolute Gasteiger partial charge is 0.127 e. The van der Waals surface area contributed by atoms with Gasteiger partial charge in [0, 0.05) is 5.56 Å². The van der Waals surface area contributed by atoms with Crippen LogP contribution in [0.25, 0.3) is 22.4 Å². The van der Waals surface area contributed by atoms with Crippen molar-refractivity contribution in [1.82, 2.24) is 0 Å². The third-order valence-corrected chi connectivity index (χ3v) is 4.74. The minimum atomic E-state index is -0.371. The van der Waals surface area contributed by atoms with Crippen molar-refractivity contribution in [2.75, 3.05) is 0 Å². The van der Waals surface area contributed by atoms with Gasteiger partial charge in [-0.3, -0.25) is 0 Å². The number of benzene rings is 4. The molecule has 4 aromatic rings. The van der Waals surface area contributed by atoms with Gasteiger partial charge >= 0.3 is 0 Å². The van der Waals surface area contributed by atoms with Crippen molar-refractivity contribution in [1.29, 1.82) is 5.26 Å². The molecule has 4 aromatic carbocycles. The van der Waals surface area contributed by atoms with Gasteiger partial charge in [-0.2, -0.15) is 5.26 Å². The first-order valence-electron chi connectivity index (χ1n) is 9.31. The molecule has 0 aliphatic heterocycles. The second kappa shape index (κ2) is 8.41. The number of hydrogen-bond donors (Lipinski definition) is 0. The third kappa shape index (κ3) is 4.17. The molecule has 0 saturated heterocycles. The molecule has 0 aliphatic rings. The summed E-state index contributed by atoms with van der Waals surface area (Å²) in [5, 5.41) is 11.9. The van der Waals surface area contributed by atoms with Crippen LogP contribution in [0.4, 0.5) is 4.39 Å². The van der Waals surface area contributed by atoms with Crippen LogP contribution in [0.3, 0.4) is 0 Å². The van der Waals surface area contributed by atoms with E-state index in [-0.39, 0.29) is 5.82 Å². The number of rotatable bonds is 5. The lowest BCUT2D eigenvalue weighted by Gasteiger charge is -2.12. The summed E-state index contributed by atoms with van der Waals surface area (Å²) in [4.78, 5) is 0. The molecule has 0 aliphatic carbocycles. The quantitative estimate of drug-likeness (QED) is 0.288. The minimum Gasteiger partial charge on any atom is -0.488 e. The number of ether oxygens (including phenoxy) is 1. The van der Waals surface area contributed by atoms with Crippen molar-refractivity contribution < 1.29 is 9.13 Å². The van der Waals surface area contributed by atoms with E-state index in [1.165, 1.54) is 17.5 Å². The molecule has 0 bridgehead atoms. The minimum absolute atomic E-state index is 0.371. The summed E-state index contributed by atoms with van der Waals surface area (Å²) < 4.78 is 19.7. The van der Waals surface area contributed by atoms with E-state index >= 15 is 0 Å². The van der Waals surface area contributed by atoms with Gasteiger partial charge in [-0.25, -0.2) is 4.39 Å². The summed E-state index contributed by atoms with van der Waals surface area (Å²) in [5.41, 5.74) is 2.78. The largest absolute Gasteiger partial charge is 0.488 e. The van der Waals surface area contributed by atoms with Crippen molar-refractivity contribution in [2.24, 2.45) is 0 Å². The maximum Gasteiger partial charge on any atom is 0.127 e. The van der Waals surface area contributed by atoms with Gasteiger partial charge in [-0.1, -0.05) is 72.8 Å². The molecule has 0 N–H and O–H groups in total. The van der Waals surface area contributed by atoms with Crippen molar-refractivity contribution in [3.63, 3.8) is 0 Å². The number of nitrogens with zero attached hydrogens (tertiary/aromatic N) is 1. The van der Waals surface area contributed by atoms with E-state index in [0.717, 1.165) is 16.5 Å². The highest BCUT2D eigenvalue weighted by Gasteiger charge is 2.07. The molecule has 140 valence electrons. The van der Waals surface area contributed by atoms with Gasteiger partial charge < -0.3 is 4.74 Å². The number of hydrogen-bond acceptors (Lipinski definition) is 2. The second-order valence-corrected chi connectivity index (χ2v) is 6.64. The van der Waals surface area contributed by atoms with E-state index in [2.05, 4.69) is 24.3 Å². The summed E-state index contributed by atoms with van der Waals surface area (Å²) in [7, 11) is 0. The van der Waals surface area contributed by atoms with Gasteiger partial charge in [-0.05, 0) is 46.2 Å². The van der Waals surface area contributed by atoms with Crippen LogP contribution in [0.2, 0.25) is 0 Å². The number of allylic oxidation sites excluding steroid dienone is 1. The molecule has 0 atom stereocenters.